The first-order valence-corrected chi connectivity index (χ1v) is 9.47. The fourth-order valence-corrected chi connectivity index (χ4v) is 4.03. The van der Waals surface area contributed by atoms with Gasteiger partial charge in [-0.25, -0.2) is 4.79 Å². The number of hydrogen-bond donors (Lipinski definition) is 1. The zero-order chi connectivity index (χ0) is 17.6. The minimum Gasteiger partial charge on any atom is -0.512 e. The van der Waals surface area contributed by atoms with E-state index in [1.165, 1.54) is 19.3 Å². The lowest BCUT2D eigenvalue weighted by Gasteiger charge is -2.37. The predicted molar refractivity (Wildman–Crippen MR) is 96.3 cm³/mol. The Morgan fingerprint density at radius 2 is 1.92 bits per heavy atom. The molecule has 1 aliphatic heterocycles. The number of benzene rings is 1. The number of esters is 1. The summed E-state index contributed by atoms with van der Waals surface area (Å²) in [5.74, 6) is 0.169. The van der Waals surface area contributed by atoms with Gasteiger partial charge in [0.1, 0.15) is 11.3 Å². The van der Waals surface area contributed by atoms with Crippen LogP contribution in [0.2, 0.25) is 0 Å². The summed E-state index contributed by atoms with van der Waals surface area (Å²) in [4.78, 5) is 12.4. The molecule has 0 spiro atoms. The lowest BCUT2D eigenvalue weighted by atomic mass is 9.82. The van der Waals surface area contributed by atoms with Crippen LogP contribution in [0, 0.1) is 5.92 Å². The zero-order valence-electron chi connectivity index (χ0n) is 14.9. The van der Waals surface area contributed by atoms with Crippen LogP contribution >= 0.6 is 0 Å². The first kappa shape index (κ1) is 18.0. The molecule has 0 saturated heterocycles. The van der Waals surface area contributed by atoms with Crippen molar-refractivity contribution in [3.63, 3.8) is 0 Å². The van der Waals surface area contributed by atoms with Crippen molar-refractivity contribution in [2.24, 2.45) is 5.92 Å². The summed E-state index contributed by atoms with van der Waals surface area (Å²) in [7, 11) is 0. The standard InChI is InChI=1S/C21H28O4/c1-2-24-21(23)20-17(22)14-18(16-11-7-4-8-12-16)25-19(20)13-15-9-5-3-6-10-15/h3,5-6,9-10,16,18-19,22H,2,4,7-8,11-14H2,1H3/t18-,19-/m1/s1. The molecular weight excluding hydrogens is 316 g/mol. The SMILES string of the molecule is CCOC(=O)C1=C(O)C[C@H](C2CCCCC2)O[C@@H]1Cc1ccccc1. The first-order valence-electron chi connectivity index (χ1n) is 9.47. The van der Waals surface area contributed by atoms with Crippen LogP contribution in [0.25, 0.3) is 0 Å². The molecule has 2 aliphatic rings. The Balaban J connectivity index is 1.82. The maximum atomic E-state index is 12.4. The van der Waals surface area contributed by atoms with Crippen molar-refractivity contribution < 1.29 is 19.4 Å². The molecule has 0 aromatic heterocycles. The highest BCUT2D eigenvalue weighted by molar-refractivity contribution is 5.90. The molecule has 1 N–H and O–H groups in total. The van der Waals surface area contributed by atoms with Crippen LogP contribution in [-0.4, -0.2) is 29.9 Å². The molecule has 1 aliphatic carbocycles. The van der Waals surface area contributed by atoms with Gasteiger partial charge < -0.3 is 14.6 Å². The van der Waals surface area contributed by atoms with E-state index in [0.717, 1.165) is 18.4 Å². The monoisotopic (exact) mass is 344 g/mol. The van der Waals surface area contributed by atoms with Crippen LogP contribution in [0.5, 0.6) is 0 Å². The molecule has 136 valence electrons. The molecule has 1 fully saturated rings. The minimum absolute atomic E-state index is 0.00723. The molecule has 4 nitrogen and oxygen atoms in total. The van der Waals surface area contributed by atoms with Gasteiger partial charge in [0, 0.05) is 12.8 Å². The van der Waals surface area contributed by atoms with E-state index in [1.807, 2.05) is 30.3 Å². The smallest absolute Gasteiger partial charge is 0.340 e. The summed E-state index contributed by atoms with van der Waals surface area (Å²) in [5.41, 5.74) is 1.39. The van der Waals surface area contributed by atoms with Gasteiger partial charge >= 0.3 is 5.97 Å². The van der Waals surface area contributed by atoms with Gasteiger partial charge in [-0.2, -0.15) is 0 Å². The molecule has 1 aromatic rings. The van der Waals surface area contributed by atoms with E-state index < -0.39 is 12.1 Å². The summed E-state index contributed by atoms with van der Waals surface area (Å²) in [5, 5.41) is 10.6. The topological polar surface area (TPSA) is 55.8 Å². The van der Waals surface area contributed by atoms with Gasteiger partial charge in [0.2, 0.25) is 0 Å². The van der Waals surface area contributed by atoms with E-state index in [2.05, 4.69) is 0 Å². The second-order valence-corrected chi connectivity index (χ2v) is 7.04. The van der Waals surface area contributed by atoms with Gasteiger partial charge in [-0.1, -0.05) is 49.6 Å². The number of aliphatic hydroxyl groups excluding tert-OH is 1. The quantitative estimate of drug-likeness (QED) is 0.807. The third-order valence-corrected chi connectivity index (χ3v) is 5.30. The van der Waals surface area contributed by atoms with Crippen molar-refractivity contribution in [2.75, 3.05) is 6.61 Å². The molecule has 0 bridgehead atoms. The van der Waals surface area contributed by atoms with Crippen molar-refractivity contribution in [1.82, 2.24) is 0 Å². The molecule has 25 heavy (non-hydrogen) atoms. The maximum absolute atomic E-state index is 12.4. The van der Waals surface area contributed by atoms with E-state index in [-0.39, 0.29) is 11.9 Å². The second-order valence-electron chi connectivity index (χ2n) is 7.04. The molecule has 1 heterocycles. The lowest BCUT2D eigenvalue weighted by Crippen LogP contribution is -2.39. The molecule has 0 unspecified atom stereocenters. The Labute approximate surface area is 149 Å². The summed E-state index contributed by atoms with van der Waals surface area (Å²) in [6.45, 7) is 2.07. The van der Waals surface area contributed by atoms with Crippen molar-refractivity contribution in [3.05, 3.63) is 47.2 Å². The highest BCUT2D eigenvalue weighted by atomic mass is 16.5. The van der Waals surface area contributed by atoms with Crippen LogP contribution in [-0.2, 0) is 20.7 Å². The summed E-state index contributed by atoms with van der Waals surface area (Å²) in [6.07, 6.45) is 6.56. The number of carbonyl (C=O) groups excluding carboxylic acids is 1. The van der Waals surface area contributed by atoms with Gasteiger partial charge in [-0.3, -0.25) is 0 Å². The molecule has 3 rings (SSSR count). The normalized spacial score (nSPS) is 25.0. The highest BCUT2D eigenvalue weighted by Crippen LogP contribution is 2.36. The third-order valence-electron chi connectivity index (χ3n) is 5.30. The minimum atomic E-state index is -0.456. The number of rotatable bonds is 5. The second kappa shape index (κ2) is 8.52. The van der Waals surface area contributed by atoms with Crippen LogP contribution in [0.1, 0.15) is 51.0 Å². The third kappa shape index (κ3) is 4.43. The van der Waals surface area contributed by atoms with E-state index >= 15 is 0 Å². The van der Waals surface area contributed by atoms with Crippen molar-refractivity contribution in [1.29, 1.82) is 0 Å². The number of aliphatic hydroxyl groups is 1. The molecule has 0 amide bonds. The summed E-state index contributed by atoms with van der Waals surface area (Å²) in [6, 6.07) is 9.96. The molecular formula is C21H28O4. The Kier molecular flexibility index (Phi) is 6.14. The zero-order valence-corrected chi connectivity index (χ0v) is 14.9. The van der Waals surface area contributed by atoms with Crippen molar-refractivity contribution >= 4 is 5.97 Å². The van der Waals surface area contributed by atoms with E-state index in [9.17, 15) is 9.90 Å². The largest absolute Gasteiger partial charge is 0.512 e. The predicted octanol–water partition coefficient (Wildman–Crippen LogP) is 4.34. The molecule has 2 atom stereocenters. The Bertz CT molecular complexity index is 602. The van der Waals surface area contributed by atoms with Crippen LogP contribution in [0.4, 0.5) is 0 Å². The van der Waals surface area contributed by atoms with Crippen LogP contribution in [0.3, 0.4) is 0 Å². The van der Waals surface area contributed by atoms with E-state index in [0.29, 0.717) is 30.9 Å². The van der Waals surface area contributed by atoms with Gasteiger partial charge in [0.25, 0.3) is 0 Å². The number of hydrogen-bond acceptors (Lipinski definition) is 4. The van der Waals surface area contributed by atoms with E-state index in [4.69, 9.17) is 9.47 Å². The van der Waals surface area contributed by atoms with Crippen LogP contribution < -0.4 is 0 Å². The van der Waals surface area contributed by atoms with Gasteiger partial charge in [0.05, 0.1) is 18.8 Å². The Morgan fingerprint density at radius 1 is 1.20 bits per heavy atom. The van der Waals surface area contributed by atoms with Crippen LogP contribution in [0.15, 0.2) is 41.7 Å². The fraction of sp³-hybridized carbons (Fsp3) is 0.571. The number of carbonyl (C=O) groups is 1. The van der Waals surface area contributed by atoms with Gasteiger partial charge in [-0.05, 0) is 31.2 Å². The Hall–Kier alpha value is -1.81. The summed E-state index contributed by atoms with van der Waals surface area (Å²) < 4.78 is 11.5. The molecule has 4 heteroatoms. The maximum Gasteiger partial charge on any atom is 0.340 e. The molecule has 1 saturated carbocycles. The van der Waals surface area contributed by atoms with Gasteiger partial charge in [0.15, 0.2) is 0 Å². The molecule has 1 aromatic carbocycles. The van der Waals surface area contributed by atoms with Gasteiger partial charge in [-0.15, -0.1) is 0 Å². The Morgan fingerprint density at radius 3 is 2.60 bits per heavy atom. The highest BCUT2D eigenvalue weighted by Gasteiger charge is 2.38. The van der Waals surface area contributed by atoms with Crippen molar-refractivity contribution in [3.8, 4) is 0 Å². The fourth-order valence-electron chi connectivity index (χ4n) is 4.03. The lowest BCUT2D eigenvalue weighted by molar-refractivity contribution is -0.143. The number of ether oxygens (including phenoxy) is 2. The average molecular weight is 344 g/mol. The first-order chi connectivity index (χ1) is 12.2. The van der Waals surface area contributed by atoms with Crippen molar-refractivity contribution in [2.45, 2.75) is 64.1 Å². The van der Waals surface area contributed by atoms with E-state index in [1.54, 1.807) is 6.92 Å². The molecule has 0 radical (unpaired) electrons. The average Bonchev–Trinajstić information content (AvgIpc) is 2.63. The summed E-state index contributed by atoms with van der Waals surface area (Å²) >= 11 is 0.